The topological polar surface area (TPSA) is 15.3 Å². The first kappa shape index (κ1) is 11.0. The van der Waals surface area contributed by atoms with Gasteiger partial charge in [0.1, 0.15) is 0 Å². The monoisotopic (exact) mass is 184 g/mol. The van der Waals surface area contributed by atoms with E-state index in [-0.39, 0.29) is 0 Å². The third kappa shape index (κ3) is 3.65. The van der Waals surface area contributed by atoms with Crippen LogP contribution in [-0.2, 0) is 0 Å². The van der Waals surface area contributed by atoms with Gasteiger partial charge >= 0.3 is 0 Å². The van der Waals surface area contributed by atoms with Crippen LogP contribution in [0.15, 0.2) is 0 Å². The fourth-order valence-corrected chi connectivity index (χ4v) is 2.21. The Bertz CT molecular complexity index is 128. The van der Waals surface area contributed by atoms with E-state index in [1.807, 2.05) is 0 Å². The summed E-state index contributed by atoms with van der Waals surface area (Å²) in [5.74, 6) is 0. The Balaban J connectivity index is 2.27. The molecule has 0 bridgehead atoms. The maximum absolute atomic E-state index is 3.57. The van der Waals surface area contributed by atoms with Gasteiger partial charge in [0.25, 0.3) is 0 Å². The molecule has 0 amide bonds. The Labute approximate surface area is 82.7 Å². The van der Waals surface area contributed by atoms with Crippen LogP contribution in [0, 0.1) is 0 Å². The van der Waals surface area contributed by atoms with Crippen LogP contribution in [0.1, 0.15) is 39.0 Å². The van der Waals surface area contributed by atoms with Crippen LogP contribution >= 0.6 is 0 Å². The third-order valence-electron chi connectivity index (χ3n) is 3.07. The molecule has 0 saturated carbocycles. The molecule has 1 fully saturated rings. The molecule has 0 aromatic carbocycles. The highest BCUT2D eigenvalue weighted by Crippen LogP contribution is 2.16. The summed E-state index contributed by atoms with van der Waals surface area (Å²) in [6.45, 7) is 3.51. The van der Waals surface area contributed by atoms with Crippen molar-refractivity contribution in [1.29, 1.82) is 0 Å². The Hall–Kier alpha value is -0.0800. The minimum Gasteiger partial charge on any atom is -0.314 e. The molecule has 78 valence electrons. The van der Waals surface area contributed by atoms with Gasteiger partial charge in [-0.15, -0.1) is 0 Å². The summed E-state index contributed by atoms with van der Waals surface area (Å²) < 4.78 is 0. The number of rotatable bonds is 5. The van der Waals surface area contributed by atoms with Gasteiger partial charge in [-0.1, -0.05) is 13.3 Å². The fourth-order valence-electron chi connectivity index (χ4n) is 2.21. The molecule has 1 heterocycles. The van der Waals surface area contributed by atoms with Crippen LogP contribution in [0.4, 0.5) is 0 Å². The van der Waals surface area contributed by atoms with E-state index in [4.69, 9.17) is 0 Å². The van der Waals surface area contributed by atoms with Crippen LogP contribution in [0.2, 0.25) is 0 Å². The summed E-state index contributed by atoms with van der Waals surface area (Å²) in [7, 11) is 4.41. The number of hydrogen-bond acceptors (Lipinski definition) is 2. The highest BCUT2D eigenvalue weighted by atomic mass is 15.1. The largest absolute Gasteiger partial charge is 0.314 e. The summed E-state index contributed by atoms with van der Waals surface area (Å²) in [6.07, 6.45) is 6.73. The van der Waals surface area contributed by atoms with Crippen molar-refractivity contribution < 1.29 is 0 Å². The van der Waals surface area contributed by atoms with Gasteiger partial charge < -0.3 is 10.2 Å². The zero-order chi connectivity index (χ0) is 9.68. The van der Waals surface area contributed by atoms with Gasteiger partial charge in [-0.3, -0.25) is 0 Å². The minimum absolute atomic E-state index is 0.778. The molecule has 2 atom stereocenters. The molecule has 0 aromatic heterocycles. The average molecular weight is 184 g/mol. The fraction of sp³-hybridized carbons (Fsp3) is 1.00. The van der Waals surface area contributed by atoms with Crippen LogP contribution in [0.5, 0.6) is 0 Å². The van der Waals surface area contributed by atoms with Crippen molar-refractivity contribution in [1.82, 2.24) is 10.2 Å². The lowest BCUT2D eigenvalue weighted by Gasteiger charge is -2.26. The summed E-state index contributed by atoms with van der Waals surface area (Å²) >= 11 is 0. The first-order chi connectivity index (χ1) is 6.24. The third-order valence-corrected chi connectivity index (χ3v) is 3.07. The molecule has 2 unspecified atom stereocenters. The molecular weight excluding hydrogens is 160 g/mol. The van der Waals surface area contributed by atoms with E-state index in [0.29, 0.717) is 0 Å². The molecule has 0 spiro atoms. The van der Waals surface area contributed by atoms with E-state index in [0.717, 1.165) is 12.1 Å². The highest BCUT2D eigenvalue weighted by molar-refractivity contribution is 4.80. The van der Waals surface area contributed by atoms with E-state index >= 15 is 0 Å². The predicted molar refractivity (Wildman–Crippen MR) is 58.0 cm³/mol. The van der Waals surface area contributed by atoms with Crippen LogP contribution in [-0.4, -0.2) is 37.6 Å². The van der Waals surface area contributed by atoms with Crippen LogP contribution in [0.25, 0.3) is 0 Å². The summed E-state index contributed by atoms with van der Waals surface area (Å²) in [6, 6.07) is 1.57. The lowest BCUT2D eigenvalue weighted by atomic mass is 10.0. The van der Waals surface area contributed by atoms with Crippen LogP contribution < -0.4 is 5.32 Å². The second-order valence-electron chi connectivity index (χ2n) is 4.44. The molecular formula is C11H24N2. The van der Waals surface area contributed by atoms with Crippen molar-refractivity contribution in [2.24, 2.45) is 0 Å². The van der Waals surface area contributed by atoms with Gasteiger partial charge in [0.05, 0.1) is 0 Å². The average Bonchev–Trinajstić information content (AvgIpc) is 2.56. The Morgan fingerprint density at radius 2 is 2.23 bits per heavy atom. The quantitative estimate of drug-likeness (QED) is 0.701. The molecule has 0 aromatic rings. The number of nitrogens with zero attached hydrogens (tertiary/aromatic N) is 1. The van der Waals surface area contributed by atoms with E-state index in [9.17, 15) is 0 Å². The Kier molecular flexibility index (Phi) is 4.74. The molecule has 1 saturated heterocycles. The minimum atomic E-state index is 0.778. The Morgan fingerprint density at radius 1 is 1.46 bits per heavy atom. The molecule has 0 aliphatic carbocycles. The molecule has 1 N–H and O–H groups in total. The van der Waals surface area contributed by atoms with E-state index in [1.165, 1.54) is 38.6 Å². The molecule has 1 aliphatic heterocycles. The van der Waals surface area contributed by atoms with Crippen molar-refractivity contribution >= 4 is 0 Å². The Morgan fingerprint density at radius 3 is 2.69 bits per heavy atom. The SMILES string of the molecule is CCCC(CC1CCCN1)N(C)C. The highest BCUT2D eigenvalue weighted by Gasteiger charge is 2.19. The van der Waals surface area contributed by atoms with Crippen molar-refractivity contribution in [3.05, 3.63) is 0 Å². The normalized spacial score (nSPS) is 25.4. The number of nitrogens with one attached hydrogen (secondary N) is 1. The lowest BCUT2D eigenvalue weighted by molar-refractivity contribution is 0.244. The maximum atomic E-state index is 3.57. The van der Waals surface area contributed by atoms with Crippen molar-refractivity contribution in [3.8, 4) is 0 Å². The zero-order valence-corrected chi connectivity index (χ0v) is 9.34. The van der Waals surface area contributed by atoms with E-state index in [2.05, 4.69) is 31.2 Å². The molecule has 1 rings (SSSR count). The summed E-state index contributed by atoms with van der Waals surface area (Å²) in [5.41, 5.74) is 0. The first-order valence-electron chi connectivity index (χ1n) is 5.63. The first-order valence-corrected chi connectivity index (χ1v) is 5.63. The van der Waals surface area contributed by atoms with Gasteiger partial charge in [-0.25, -0.2) is 0 Å². The standard InChI is InChI=1S/C11H24N2/c1-4-6-11(13(2)3)9-10-7-5-8-12-10/h10-12H,4-9H2,1-3H3. The second kappa shape index (κ2) is 5.61. The maximum Gasteiger partial charge on any atom is 0.0104 e. The van der Waals surface area contributed by atoms with Gasteiger partial charge in [0.2, 0.25) is 0 Å². The summed E-state index contributed by atoms with van der Waals surface area (Å²) in [5, 5.41) is 3.57. The van der Waals surface area contributed by atoms with Gasteiger partial charge in [-0.2, -0.15) is 0 Å². The van der Waals surface area contributed by atoms with Gasteiger partial charge in [0.15, 0.2) is 0 Å². The van der Waals surface area contributed by atoms with Crippen molar-refractivity contribution in [3.63, 3.8) is 0 Å². The van der Waals surface area contributed by atoms with Crippen LogP contribution in [0.3, 0.4) is 0 Å². The molecule has 1 aliphatic rings. The van der Waals surface area contributed by atoms with E-state index < -0.39 is 0 Å². The van der Waals surface area contributed by atoms with E-state index in [1.54, 1.807) is 0 Å². The van der Waals surface area contributed by atoms with Crippen molar-refractivity contribution in [2.45, 2.75) is 51.1 Å². The van der Waals surface area contributed by atoms with Gasteiger partial charge in [-0.05, 0) is 46.3 Å². The molecule has 0 radical (unpaired) electrons. The lowest BCUT2D eigenvalue weighted by Crippen LogP contribution is -2.35. The smallest absolute Gasteiger partial charge is 0.0104 e. The molecule has 13 heavy (non-hydrogen) atoms. The van der Waals surface area contributed by atoms with Gasteiger partial charge in [0, 0.05) is 12.1 Å². The summed E-state index contributed by atoms with van der Waals surface area (Å²) in [4.78, 5) is 2.38. The molecule has 2 heteroatoms. The van der Waals surface area contributed by atoms with Crippen molar-refractivity contribution in [2.75, 3.05) is 20.6 Å². The predicted octanol–water partition coefficient (Wildman–Crippen LogP) is 1.86. The second-order valence-corrected chi connectivity index (χ2v) is 4.44. The number of hydrogen-bond donors (Lipinski definition) is 1. The zero-order valence-electron chi connectivity index (χ0n) is 9.34. The molecule has 2 nitrogen and oxygen atoms in total.